The molecule has 0 spiro atoms. The van der Waals surface area contributed by atoms with Crippen molar-refractivity contribution in [3.05, 3.63) is 21.9 Å². The molecule has 1 aromatic rings. The first-order valence-electron chi connectivity index (χ1n) is 7.26. The first-order chi connectivity index (χ1) is 10.6. The SMILES string of the molecule is CCNC(=NCc1ccc(C)s1)NCCN1C(=O)CNC1=O. The minimum absolute atomic E-state index is 0.0880. The molecule has 1 aromatic heterocycles. The van der Waals surface area contributed by atoms with Gasteiger partial charge in [0.05, 0.1) is 13.1 Å². The van der Waals surface area contributed by atoms with E-state index in [2.05, 4.69) is 40.0 Å². The van der Waals surface area contributed by atoms with Gasteiger partial charge in [0, 0.05) is 29.4 Å². The van der Waals surface area contributed by atoms with Gasteiger partial charge in [-0.2, -0.15) is 0 Å². The van der Waals surface area contributed by atoms with Crippen LogP contribution in [-0.4, -0.2) is 49.0 Å². The van der Waals surface area contributed by atoms with E-state index in [-0.39, 0.29) is 18.5 Å². The molecule has 0 saturated carbocycles. The monoisotopic (exact) mass is 323 g/mol. The summed E-state index contributed by atoms with van der Waals surface area (Å²) in [4.78, 5) is 31.1. The van der Waals surface area contributed by atoms with Crippen molar-refractivity contribution < 1.29 is 9.59 Å². The number of hydrogen-bond donors (Lipinski definition) is 3. The molecule has 0 aromatic carbocycles. The lowest BCUT2D eigenvalue weighted by Gasteiger charge is -2.15. The van der Waals surface area contributed by atoms with Gasteiger partial charge in [-0.15, -0.1) is 11.3 Å². The summed E-state index contributed by atoms with van der Waals surface area (Å²) >= 11 is 1.72. The van der Waals surface area contributed by atoms with Crippen LogP contribution in [0.4, 0.5) is 4.79 Å². The van der Waals surface area contributed by atoms with E-state index in [4.69, 9.17) is 0 Å². The van der Waals surface area contributed by atoms with Crippen molar-refractivity contribution in [2.75, 3.05) is 26.2 Å². The summed E-state index contributed by atoms with van der Waals surface area (Å²) in [5.41, 5.74) is 0. The van der Waals surface area contributed by atoms with Gasteiger partial charge in [0.25, 0.3) is 0 Å². The van der Waals surface area contributed by atoms with Crippen molar-refractivity contribution in [1.29, 1.82) is 0 Å². The van der Waals surface area contributed by atoms with Crippen LogP contribution in [0.2, 0.25) is 0 Å². The lowest BCUT2D eigenvalue weighted by atomic mass is 10.4. The Morgan fingerprint density at radius 2 is 2.23 bits per heavy atom. The highest BCUT2D eigenvalue weighted by molar-refractivity contribution is 7.11. The Kier molecular flexibility index (Phi) is 5.76. The van der Waals surface area contributed by atoms with E-state index in [1.54, 1.807) is 11.3 Å². The first kappa shape index (κ1) is 16.3. The smallest absolute Gasteiger partial charge is 0.324 e. The molecule has 3 amide bonds. The maximum atomic E-state index is 11.5. The number of carbonyl (C=O) groups is 2. The third-order valence-corrected chi connectivity index (χ3v) is 4.08. The average Bonchev–Trinajstić information content (AvgIpc) is 3.04. The Balaban J connectivity index is 1.83. The number of imide groups is 1. The Morgan fingerprint density at radius 1 is 1.41 bits per heavy atom. The quantitative estimate of drug-likeness (QED) is 0.408. The number of rotatable bonds is 6. The fourth-order valence-corrected chi connectivity index (χ4v) is 2.85. The highest BCUT2D eigenvalue weighted by Crippen LogP contribution is 2.15. The molecule has 3 N–H and O–H groups in total. The van der Waals surface area contributed by atoms with E-state index in [0.717, 1.165) is 6.54 Å². The zero-order valence-corrected chi connectivity index (χ0v) is 13.6. The van der Waals surface area contributed by atoms with E-state index < -0.39 is 0 Å². The molecular formula is C14H21N5O2S. The minimum atomic E-state index is -0.331. The lowest BCUT2D eigenvalue weighted by Crippen LogP contribution is -2.43. The molecule has 0 radical (unpaired) electrons. The van der Waals surface area contributed by atoms with Crippen molar-refractivity contribution >= 4 is 29.2 Å². The number of nitrogens with one attached hydrogen (secondary N) is 3. The van der Waals surface area contributed by atoms with Crippen molar-refractivity contribution in [3.63, 3.8) is 0 Å². The molecule has 0 unspecified atom stereocenters. The number of urea groups is 1. The molecule has 22 heavy (non-hydrogen) atoms. The number of carbonyl (C=O) groups excluding carboxylic acids is 2. The van der Waals surface area contributed by atoms with Crippen molar-refractivity contribution in [2.45, 2.75) is 20.4 Å². The van der Waals surface area contributed by atoms with Crippen LogP contribution in [0.5, 0.6) is 0 Å². The van der Waals surface area contributed by atoms with Crippen LogP contribution in [0, 0.1) is 6.92 Å². The van der Waals surface area contributed by atoms with Gasteiger partial charge in [-0.25, -0.2) is 9.79 Å². The molecule has 7 nitrogen and oxygen atoms in total. The van der Waals surface area contributed by atoms with Gasteiger partial charge in [-0.05, 0) is 26.0 Å². The van der Waals surface area contributed by atoms with Gasteiger partial charge in [0.2, 0.25) is 5.91 Å². The largest absolute Gasteiger partial charge is 0.357 e. The topological polar surface area (TPSA) is 85.8 Å². The van der Waals surface area contributed by atoms with Crippen molar-refractivity contribution in [2.24, 2.45) is 4.99 Å². The van der Waals surface area contributed by atoms with Gasteiger partial charge >= 0.3 is 6.03 Å². The second-order valence-corrected chi connectivity index (χ2v) is 6.21. The summed E-state index contributed by atoms with van der Waals surface area (Å²) in [5, 5.41) is 8.78. The maximum absolute atomic E-state index is 11.5. The van der Waals surface area contributed by atoms with Gasteiger partial charge in [0.15, 0.2) is 5.96 Å². The molecule has 1 aliphatic rings. The summed E-state index contributed by atoms with van der Waals surface area (Å²) in [6.07, 6.45) is 0. The molecule has 8 heteroatoms. The fraction of sp³-hybridized carbons (Fsp3) is 0.500. The molecule has 2 heterocycles. The molecule has 1 fully saturated rings. The van der Waals surface area contributed by atoms with Crippen LogP contribution in [0.3, 0.4) is 0 Å². The van der Waals surface area contributed by atoms with E-state index >= 15 is 0 Å². The van der Waals surface area contributed by atoms with Crippen LogP contribution < -0.4 is 16.0 Å². The van der Waals surface area contributed by atoms with E-state index in [9.17, 15) is 9.59 Å². The number of aryl methyl sites for hydroxylation is 1. The van der Waals surface area contributed by atoms with E-state index in [1.807, 2.05) is 6.92 Å². The molecule has 1 aliphatic heterocycles. The van der Waals surface area contributed by atoms with Crippen molar-refractivity contribution in [1.82, 2.24) is 20.9 Å². The normalized spacial score (nSPS) is 15.2. The van der Waals surface area contributed by atoms with Crippen LogP contribution >= 0.6 is 11.3 Å². The predicted octanol–water partition coefficient (Wildman–Crippen LogP) is 0.663. The van der Waals surface area contributed by atoms with E-state index in [1.165, 1.54) is 14.7 Å². The fourth-order valence-electron chi connectivity index (χ4n) is 2.04. The summed E-state index contributed by atoms with van der Waals surface area (Å²) < 4.78 is 0. The lowest BCUT2D eigenvalue weighted by molar-refractivity contribution is -0.124. The Bertz CT molecular complexity index is 553. The number of nitrogens with zero attached hydrogens (tertiary/aromatic N) is 2. The summed E-state index contributed by atoms with van der Waals surface area (Å²) in [6, 6.07) is 3.82. The number of hydrogen-bond acceptors (Lipinski definition) is 4. The molecule has 1 saturated heterocycles. The Hall–Kier alpha value is -2.09. The number of thiophene rings is 1. The standard InChI is InChI=1S/C14H21N5O2S/c1-3-15-13(17-8-11-5-4-10(2)22-11)16-6-7-19-12(20)9-18-14(19)21/h4-5H,3,6-9H2,1-2H3,(H,18,21)(H2,15,16,17). The Labute approximate surface area is 133 Å². The predicted molar refractivity (Wildman–Crippen MR) is 87.0 cm³/mol. The van der Waals surface area contributed by atoms with Crippen LogP contribution in [0.25, 0.3) is 0 Å². The van der Waals surface area contributed by atoms with Gasteiger partial charge in [-0.1, -0.05) is 0 Å². The van der Waals surface area contributed by atoms with Gasteiger partial charge in [0.1, 0.15) is 0 Å². The molecule has 0 aliphatic carbocycles. The summed E-state index contributed by atoms with van der Waals surface area (Å²) in [5.74, 6) is 0.489. The number of aliphatic imine (C=N–C) groups is 1. The number of amides is 3. The molecular weight excluding hydrogens is 302 g/mol. The average molecular weight is 323 g/mol. The van der Waals surface area contributed by atoms with Crippen molar-refractivity contribution in [3.8, 4) is 0 Å². The van der Waals surface area contributed by atoms with Gasteiger partial charge in [-0.3, -0.25) is 9.69 Å². The third kappa shape index (κ3) is 4.45. The third-order valence-electron chi connectivity index (χ3n) is 3.10. The van der Waals surface area contributed by atoms with Crippen LogP contribution in [0.1, 0.15) is 16.7 Å². The minimum Gasteiger partial charge on any atom is -0.357 e. The maximum Gasteiger partial charge on any atom is 0.324 e. The number of guanidine groups is 1. The summed E-state index contributed by atoms with van der Waals surface area (Å²) in [7, 11) is 0. The molecule has 2 rings (SSSR count). The Morgan fingerprint density at radius 3 is 2.82 bits per heavy atom. The molecule has 0 bridgehead atoms. The van der Waals surface area contributed by atoms with Gasteiger partial charge < -0.3 is 16.0 Å². The summed E-state index contributed by atoms with van der Waals surface area (Å²) in [6.45, 7) is 6.30. The molecule has 120 valence electrons. The van der Waals surface area contributed by atoms with Crippen LogP contribution in [0.15, 0.2) is 17.1 Å². The molecule has 0 atom stereocenters. The highest BCUT2D eigenvalue weighted by Gasteiger charge is 2.27. The zero-order chi connectivity index (χ0) is 15.9. The second kappa shape index (κ2) is 7.79. The van der Waals surface area contributed by atoms with Crippen LogP contribution in [-0.2, 0) is 11.3 Å². The second-order valence-electron chi connectivity index (χ2n) is 4.84. The first-order valence-corrected chi connectivity index (χ1v) is 8.07. The zero-order valence-electron chi connectivity index (χ0n) is 12.8. The highest BCUT2D eigenvalue weighted by atomic mass is 32.1. The van der Waals surface area contributed by atoms with E-state index in [0.29, 0.717) is 25.6 Å².